The van der Waals surface area contributed by atoms with Gasteiger partial charge in [-0.15, -0.1) is 5.10 Å². The molecule has 88 valence electrons. The van der Waals surface area contributed by atoms with Gasteiger partial charge in [0.25, 0.3) is 5.91 Å². The minimum Gasteiger partial charge on any atom is -0.320 e. The summed E-state index contributed by atoms with van der Waals surface area (Å²) >= 11 is 0. The van der Waals surface area contributed by atoms with Crippen molar-refractivity contribution in [2.75, 3.05) is 5.32 Å². The van der Waals surface area contributed by atoms with Crippen LogP contribution in [0, 0.1) is 0 Å². The molecule has 0 spiro atoms. The van der Waals surface area contributed by atoms with Crippen LogP contribution in [0.15, 0.2) is 30.5 Å². The number of aryl methyl sites for hydroxylation is 2. The molecule has 0 atom stereocenters. The summed E-state index contributed by atoms with van der Waals surface area (Å²) in [7, 11) is 1.73. The first-order chi connectivity index (χ1) is 8.20. The smallest absolute Gasteiger partial charge is 0.277 e. The van der Waals surface area contributed by atoms with Crippen LogP contribution in [0.3, 0.4) is 0 Å². The second-order valence-electron chi connectivity index (χ2n) is 3.74. The van der Waals surface area contributed by atoms with Gasteiger partial charge in [-0.2, -0.15) is 0 Å². The van der Waals surface area contributed by atoms with Crippen LogP contribution in [0.1, 0.15) is 23.0 Å². The fourth-order valence-electron chi connectivity index (χ4n) is 1.59. The van der Waals surface area contributed by atoms with Gasteiger partial charge in [0.1, 0.15) is 0 Å². The van der Waals surface area contributed by atoms with Crippen molar-refractivity contribution in [1.29, 1.82) is 0 Å². The summed E-state index contributed by atoms with van der Waals surface area (Å²) in [6.07, 6.45) is 2.46. The normalized spacial score (nSPS) is 10.2. The lowest BCUT2D eigenvalue weighted by molar-refractivity contribution is 0.102. The second-order valence-corrected chi connectivity index (χ2v) is 3.74. The Hall–Kier alpha value is -2.17. The quantitative estimate of drug-likeness (QED) is 0.871. The lowest BCUT2D eigenvalue weighted by Crippen LogP contribution is -2.13. The van der Waals surface area contributed by atoms with Crippen LogP contribution in [0.2, 0.25) is 0 Å². The molecule has 0 aliphatic rings. The molecule has 17 heavy (non-hydrogen) atoms. The van der Waals surface area contributed by atoms with Gasteiger partial charge >= 0.3 is 0 Å². The molecule has 1 N–H and O–H groups in total. The first-order valence-corrected chi connectivity index (χ1v) is 5.46. The van der Waals surface area contributed by atoms with Gasteiger partial charge < -0.3 is 5.32 Å². The zero-order valence-corrected chi connectivity index (χ0v) is 9.84. The second kappa shape index (κ2) is 4.78. The zero-order valence-electron chi connectivity index (χ0n) is 9.84. The van der Waals surface area contributed by atoms with Crippen LogP contribution in [0.25, 0.3) is 0 Å². The van der Waals surface area contributed by atoms with E-state index in [9.17, 15) is 4.79 Å². The van der Waals surface area contributed by atoms with Gasteiger partial charge in [-0.1, -0.05) is 30.3 Å². The van der Waals surface area contributed by atoms with E-state index in [1.165, 1.54) is 4.68 Å². The Balaban J connectivity index is 2.18. The molecule has 0 aliphatic heterocycles. The largest absolute Gasteiger partial charge is 0.320 e. The summed E-state index contributed by atoms with van der Waals surface area (Å²) in [6.45, 7) is 2.05. The van der Waals surface area contributed by atoms with Crippen LogP contribution in [0.4, 0.5) is 5.69 Å². The molecule has 5 nitrogen and oxygen atoms in total. The van der Waals surface area contributed by atoms with E-state index in [4.69, 9.17) is 0 Å². The molecule has 1 aromatic carbocycles. The predicted octanol–water partition coefficient (Wildman–Crippen LogP) is 1.63. The number of para-hydroxylation sites is 1. The maximum atomic E-state index is 11.9. The minimum absolute atomic E-state index is 0.237. The van der Waals surface area contributed by atoms with E-state index in [0.717, 1.165) is 17.7 Å². The van der Waals surface area contributed by atoms with Gasteiger partial charge in [0, 0.05) is 12.7 Å². The maximum absolute atomic E-state index is 11.9. The fraction of sp³-hybridized carbons (Fsp3) is 0.250. The predicted molar refractivity (Wildman–Crippen MR) is 64.8 cm³/mol. The Labute approximate surface area is 99.5 Å². The molecule has 5 heteroatoms. The lowest BCUT2D eigenvalue weighted by atomic mass is 10.1. The van der Waals surface area contributed by atoms with E-state index in [1.807, 2.05) is 31.2 Å². The van der Waals surface area contributed by atoms with Crippen LogP contribution < -0.4 is 5.32 Å². The number of carbonyl (C=O) groups excluding carboxylic acids is 1. The van der Waals surface area contributed by atoms with Gasteiger partial charge in [-0.05, 0) is 18.1 Å². The van der Waals surface area contributed by atoms with Crippen molar-refractivity contribution in [2.45, 2.75) is 13.3 Å². The topological polar surface area (TPSA) is 59.8 Å². The first-order valence-electron chi connectivity index (χ1n) is 5.46. The number of aromatic nitrogens is 3. The van der Waals surface area contributed by atoms with Gasteiger partial charge in [-0.25, -0.2) is 0 Å². The third-order valence-corrected chi connectivity index (χ3v) is 2.48. The molecule has 0 saturated carbocycles. The van der Waals surface area contributed by atoms with Crippen LogP contribution in [-0.4, -0.2) is 20.9 Å². The van der Waals surface area contributed by atoms with Gasteiger partial charge in [0.2, 0.25) is 0 Å². The number of amides is 1. The zero-order chi connectivity index (χ0) is 12.3. The van der Waals surface area contributed by atoms with Crippen LogP contribution in [0.5, 0.6) is 0 Å². The Morgan fingerprint density at radius 1 is 1.41 bits per heavy atom. The third kappa shape index (κ3) is 2.50. The van der Waals surface area contributed by atoms with Gasteiger partial charge in [0.15, 0.2) is 5.69 Å². The molecular weight excluding hydrogens is 216 g/mol. The number of rotatable bonds is 3. The molecule has 0 aliphatic carbocycles. The Morgan fingerprint density at radius 2 is 2.18 bits per heavy atom. The molecule has 2 rings (SSSR count). The third-order valence-electron chi connectivity index (χ3n) is 2.48. The number of nitrogens with zero attached hydrogens (tertiary/aromatic N) is 3. The maximum Gasteiger partial charge on any atom is 0.277 e. The highest BCUT2D eigenvalue weighted by Gasteiger charge is 2.11. The summed E-state index contributed by atoms with van der Waals surface area (Å²) in [6, 6.07) is 7.72. The van der Waals surface area contributed by atoms with E-state index < -0.39 is 0 Å². The Bertz CT molecular complexity index is 533. The number of carbonyl (C=O) groups is 1. The fourth-order valence-corrected chi connectivity index (χ4v) is 1.59. The number of nitrogens with one attached hydrogen (secondary N) is 1. The SMILES string of the molecule is CCc1ccccc1NC(=O)c1cn(C)nn1. The van der Waals surface area contributed by atoms with Crippen molar-refractivity contribution in [3.8, 4) is 0 Å². The van der Waals surface area contributed by atoms with Crippen molar-refractivity contribution in [3.05, 3.63) is 41.7 Å². The minimum atomic E-state index is -0.237. The van der Waals surface area contributed by atoms with E-state index in [0.29, 0.717) is 5.69 Å². The van der Waals surface area contributed by atoms with Crippen molar-refractivity contribution >= 4 is 11.6 Å². The molecule has 1 aromatic heterocycles. The highest BCUT2D eigenvalue weighted by Crippen LogP contribution is 2.15. The first kappa shape index (κ1) is 11.3. The summed E-state index contributed by atoms with van der Waals surface area (Å²) in [4.78, 5) is 11.9. The summed E-state index contributed by atoms with van der Waals surface area (Å²) in [5, 5.41) is 10.3. The van der Waals surface area contributed by atoms with Crippen molar-refractivity contribution in [1.82, 2.24) is 15.0 Å². The lowest BCUT2D eigenvalue weighted by Gasteiger charge is -2.07. The van der Waals surface area contributed by atoms with E-state index in [2.05, 4.69) is 15.6 Å². The van der Waals surface area contributed by atoms with Crippen LogP contribution in [-0.2, 0) is 13.5 Å². The summed E-state index contributed by atoms with van der Waals surface area (Å²) < 4.78 is 1.50. The molecule has 0 unspecified atom stereocenters. The van der Waals surface area contributed by atoms with Crippen molar-refractivity contribution < 1.29 is 4.79 Å². The highest BCUT2D eigenvalue weighted by atomic mass is 16.2. The molecule has 0 saturated heterocycles. The molecule has 0 radical (unpaired) electrons. The highest BCUT2D eigenvalue weighted by molar-refractivity contribution is 6.03. The molecule has 0 bridgehead atoms. The number of anilines is 1. The monoisotopic (exact) mass is 230 g/mol. The van der Waals surface area contributed by atoms with E-state index in [-0.39, 0.29) is 5.91 Å². The summed E-state index contributed by atoms with van der Waals surface area (Å²) in [5.74, 6) is -0.237. The molecular formula is C12H14N4O. The van der Waals surface area contributed by atoms with Crippen molar-refractivity contribution in [2.24, 2.45) is 7.05 Å². The molecule has 0 fully saturated rings. The van der Waals surface area contributed by atoms with Crippen molar-refractivity contribution in [3.63, 3.8) is 0 Å². The van der Waals surface area contributed by atoms with E-state index in [1.54, 1.807) is 13.2 Å². The van der Waals surface area contributed by atoms with Gasteiger partial charge in [-0.3, -0.25) is 9.48 Å². The number of hydrogen-bond donors (Lipinski definition) is 1. The average Bonchev–Trinajstić information content (AvgIpc) is 2.77. The standard InChI is InChI=1S/C12H14N4O/c1-3-9-6-4-5-7-10(9)13-12(17)11-8-16(2)15-14-11/h4-8H,3H2,1-2H3,(H,13,17). The Morgan fingerprint density at radius 3 is 2.82 bits per heavy atom. The molecule has 1 heterocycles. The summed E-state index contributed by atoms with van der Waals surface area (Å²) in [5.41, 5.74) is 2.24. The molecule has 1 amide bonds. The Kier molecular flexibility index (Phi) is 3.18. The average molecular weight is 230 g/mol. The van der Waals surface area contributed by atoms with Crippen LogP contribution >= 0.6 is 0 Å². The number of benzene rings is 1. The molecule has 2 aromatic rings. The van der Waals surface area contributed by atoms with Gasteiger partial charge in [0.05, 0.1) is 6.20 Å². The van der Waals surface area contributed by atoms with E-state index >= 15 is 0 Å². The number of hydrogen-bond acceptors (Lipinski definition) is 3.